The van der Waals surface area contributed by atoms with Gasteiger partial charge in [-0.25, -0.2) is 4.99 Å². The fourth-order valence-corrected chi connectivity index (χ4v) is 2.92. The Bertz CT molecular complexity index is 563. The van der Waals surface area contributed by atoms with Gasteiger partial charge in [-0.2, -0.15) is 0 Å². The number of nitrogens with one attached hydrogen (secondary N) is 1. The highest BCUT2D eigenvalue weighted by Crippen LogP contribution is 2.15. The number of hydrogen-bond acceptors (Lipinski definition) is 4. The molecule has 6 nitrogen and oxygen atoms in total. The first kappa shape index (κ1) is 24.0. The van der Waals surface area contributed by atoms with Crippen molar-refractivity contribution in [2.45, 2.75) is 19.9 Å². The minimum absolute atomic E-state index is 0. The first-order chi connectivity index (χ1) is 12.6. The maximum Gasteiger partial charge on any atom is 0.193 e. The van der Waals surface area contributed by atoms with Gasteiger partial charge in [0.2, 0.25) is 0 Å². The van der Waals surface area contributed by atoms with Crippen molar-refractivity contribution >= 4 is 29.9 Å². The standard InChI is InChI=1S/C20H34N4O2.HI/c1-5-21-20(24(4)15-18-9-11-25-16-18)22-14-17-7-6-8-19(13-17)26-12-10-23(2)3;/h6-8,13,18H,5,9-12,14-16H2,1-4H3,(H,21,22);1H. The van der Waals surface area contributed by atoms with Gasteiger partial charge in [0.25, 0.3) is 0 Å². The molecule has 0 aromatic heterocycles. The van der Waals surface area contributed by atoms with E-state index in [9.17, 15) is 0 Å². The van der Waals surface area contributed by atoms with Gasteiger partial charge in [-0.3, -0.25) is 0 Å². The summed E-state index contributed by atoms with van der Waals surface area (Å²) in [5, 5.41) is 3.39. The van der Waals surface area contributed by atoms with Crippen LogP contribution in [0.4, 0.5) is 0 Å². The highest BCUT2D eigenvalue weighted by Gasteiger charge is 2.19. The zero-order valence-electron chi connectivity index (χ0n) is 17.1. The van der Waals surface area contributed by atoms with Gasteiger partial charge in [-0.05, 0) is 45.1 Å². The van der Waals surface area contributed by atoms with Crippen LogP contribution in [0.25, 0.3) is 0 Å². The summed E-state index contributed by atoms with van der Waals surface area (Å²) in [5.41, 5.74) is 1.15. The summed E-state index contributed by atoms with van der Waals surface area (Å²) in [6.45, 7) is 7.90. The Morgan fingerprint density at radius 2 is 2.15 bits per heavy atom. The SMILES string of the molecule is CCNC(=NCc1cccc(OCCN(C)C)c1)N(C)CC1CCOC1.I. The summed E-state index contributed by atoms with van der Waals surface area (Å²) in [6, 6.07) is 8.20. The van der Waals surface area contributed by atoms with Crippen molar-refractivity contribution in [1.82, 2.24) is 15.1 Å². The van der Waals surface area contributed by atoms with E-state index in [2.05, 4.69) is 41.2 Å². The molecule has 0 radical (unpaired) electrons. The molecule has 1 aromatic rings. The molecule has 1 aliphatic rings. The lowest BCUT2D eigenvalue weighted by Gasteiger charge is -2.24. The van der Waals surface area contributed by atoms with E-state index < -0.39 is 0 Å². The van der Waals surface area contributed by atoms with Crippen LogP contribution in [0.5, 0.6) is 5.75 Å². The van der Waals surface area contributed by atoms with E-state index in [0.717, 1.165) is 56.5 Å². The fourth-order valence-electron chi connectivity index (χ4n) is 2.92. The van der Waals surface area contributed by atoms with Gasteiger partial charge >= 0.3 is 0 Å². The molecule has 1 fully saturated rings. The molecule has 1 N–H and O–H groups in total. The lowest BCUT2D eigenvalue weighted by atomic mass is 10.1. The van der Waals surface area contributed by atoms with Crippen LogP contribution in [0.2, 0.25) is 0 Å². The molecule has 0 bridgehead atoms. The van der Waals surface area contributed by atoms with Crippen molar-refractivity contribution in [3.8, 4) is 5.75 Å². The zero-order valence-corrected chi connectivity index (χ0v) is 19.4. The summed E-state index contributed by atoms with van der Waals surface area (Å²) in [5.74, 6) is 2.44. The highest BCUT2D eigenvalue weighted by molar-refractivity contribution is 14.0. The number of benzene rings is 1. The molecule has 0 aliphatic carbocycles. The minimum atomic E-state index is 0. The lowest BCUT2D eigenvalue weighted by molar-refractivity contribution is 0.181. The molecule has 1 aliphatic heterocycles. The third-order valence-electron chi connectivity index (χ3n) is 4.37. The molecule has 1 heterocycles. The van der Waals surface area contributed by atoms with Crippen molar-refractivity contribution in [1.29, 1.82) is 0 Å². The molecule has 154 valence electrons. The van der Waals surface area contributed by atoms with Crippen molar-refractivity contribution in [2.24, 2.45) is 10.9 Å². The number of aliphatic imine (C=N–C) groups is 1. The van der Waals surface area contributed by atoms with Gasteiger partial charge in [-0.1, -0.05) is 12.1 Å². The van der Waals surface area contributed by atoms with Crippen molar-refractivity contribution < 1.29 is 9.47 Å². The van der Waals surface area contributed by atoms with E-state index >= 15 is 0 Å². The van der Waals surface area contributed by atoms with Gasteiger partial charge in [0, 0.05) is 39.2 Å². The molecule has 27 heavy (non-hydrogen) atoms. The zero-order chi connectivity index (χ0) is 18.8. The van der Waals surface area contributed by atoms with Gasteiger partial charge < -0.3 is 24.6 Å². The quantitative estimate of drug-likeness (QED) is 0.328. The van der Waals surface area contributed by atoms with E-state index in [0.29, 0.717) is 19.1 Å². The molecular formula is C20H35IN4O2. The van der Waals surface area contributed by atoms with E-state index in [-0.39, 0.29) is 24.0 Å². The molecule has 1 unspecified atom stereocenters. The van der Waals surface area contributed by atoms with E-state index in [1.54, 1.807) is 0 Å². The third kappa shape index (κ3) is 9.12. The summed E-state index contributed by atoms with van der Waals surface area (Å²) in [7, 11) is 6.19. The Labute approximate surface area is 181 Å². The van der Waals surface area contributed by atoms with Crippen LogP contribution in [0.1, 0.15) is 18.9 Å². The molecule has 0 amide bonds. The lowest BCUT2D eigenvalue weighted by Crippen LogP contribution is -2.41. The van der Waals surface area contributed by atoms with Crippen LogP contribution < -0.4 is 10.1 Å². The summed E-state index contributed by atoms with van der Waals surface area (Å²) in [6.07, 6.45) is 1.13. The van der Waals surface area contributed by atoms with E-state index in [4.69, 9.17) is 14.5 Å². The first-order valence-corrected chi connectivity index (χ1v) is 9.52. The summed E-state index contributed by atoms with van der Waals surface area (Å²) in [4.78, 5) is 9.12. The second kappa shape index (κ2) is 13.2. The maximum absolute atomic E-state index is 5.82. The fraction of sp³-hybridized carbons (Fsp3) is 0.650. The Balaban J connectivity index is 0.00000364. The van der Waals surface area contributed by atoms with Gasteiger partial charge in [0.05, 0.1) is 13.2 Å². The molecule has 2 rings (SSSR count). The van der Waals surface area contributed by atoms with Crippen LogP contribution in [-0.2, 0) is 11.3 Å². The number of rotatable bonds is 9. The average Bonchev–Trinajstić information content (AvgIpc) is 3.11. The Kier molecular flexibility index (Phi) is 11.7. The normalized spacial score (nSPS) is 16.9. The van der Waals surface area contributed by atoms with Crippen molar-refractivity contribution in [3.05, 3.63) is 29.8 Å². The van der Waals surface area contributed by atoms with E-state index in [1.807, 2.05) is 26.2 Å². The van der Waals surface area contributed by atoms with Gasteiger partial charge in [0.1, 0.15) is 12.4 Å². The average molecular weight is 490 g/mol. The number of nitrogens with zero attached hydrogens (tertiary/aromatic N) is 3. The van der Waals surface area contributed by atoms with Crippen LogP contribution in [-0.4, -0.2) is 76.4 Å². The topological polar surface area (TPSA) is 49.3 Å². The summed E-state index contributed by atoms with van der Waals surface area (Å²) >= 11 is 0. The Morgan fingerprint density at radius 3 is 2.81 bits per heavy atom. The number of halogens is 1. The Morgan fingerprint density at radius 1 is 1.33 bits per heavy atom. The number of guanidine groups is 1. The monoisotopic (exact) mass is 490 g/mol. The molecule has 1 atom stereocenters. The second-order valence-corrected chi connectivity index (χ2v) is 7.08. The van der Waals surface area contributed by atoms with Crippen LogP contribution in [0.3, 0.4) is 0 Å². The van der Waals surface area contributed by atoms with Gasteiger partial charge in [-0.15, -0.1) is 24.0 Å². The Hall–Kier alpha value is -1.06. The van der Waals surface area contributed by atoms with Crippen molar-refractivity contribution in [3.63, 3.8) is 0 Å². The third-order valence-corrected chi connectivity index (χ3v) is 4.37. The smallest absolute Gasteiger partial charge is 0.193 e. The maximum atomic E-state index is 5.82. The van der Waals surface area contributed by atoms with Crippen LogP contribution in [0, 0.1) is 5.92 Å². The van der Waals surface area contributed by atoms with Gasteiger partial charge in [0.15, 0.2) is 5.96 Å². The molecule has 7 heteroatoms. The number of hydrogen-bond donors (Lipinski definition) is 1. The number of ether oxygens (including phenoxy) is 2. The van der Waals surface area contributed by atoms with Crippen LogP contribution >= 0.6 is 24.0 Å². The molecule has 0 spiro atoms. The molecule has 1 saturated heterocycles. The highest BCUT2D eigenvalue weighted by atomic mass is 127. The first-order valence-electron chi connectivity index (χ1n) is 9.52. The van der Waals surface area contributed by atoms with E-state index in [1.165, 1.54) is 0 Å². The summed E-state index contributed by atoms with van der Waals surface area (Å²) < 4.78 is 11.3. The predicted octanol–water partition coefficient (Wildman–Crippen LogP) is 2.68. The molecular weight excluding hydrogens is 455 g/mol. The number of likely N-dealkylation sites (N-methyl/N-ethyl adjacent to an activating group) is 1. The molecule has 1 aromatic carbocycles. The second-order valence-electron chi connectivity index (χ2n) is 7.08. The molecule has 0 saturated carbocycles. The van der Waals surface area contributed by atoms with Crippen LogP contribution in [0.15, 0.2) is 29.3 Å². The predicted molar refractivity (Wildman–Crippen MR) is 122 cm³/mol. The minimum Gasteiger partial charge on any atom is -0.492 e. The largest absolute Gasteiger partial charge is 0.492 e. The van der Waals surface area contributed by atoms with Crippen molar-refractivity contribution in [2.75, 3.05) is 60.6 Å².